The summed E-state index contributed by atoms with van der Waals surface area (Å²) in [6, 6.07) is 0. The Balaban J connectivity index is 2.10. The van der Waals surface area contributed by atoms with Gasteiger partial charge in [-0.1, -0.05) is 0 Å². The molecule has 0 bridgehead atoms. The van der Waals surface area contributed by atoms with E-state index in [9.17, 15) is 8.42 Å². The van der Waals surface area contributed by atoms with Gasteiger partial charge in [0, 0.05) is 18.1 Å². The quantitative estimate of drug-likeness (QED) is 0.873. The summed E-state index contributed by atoms with van der Waals surface area (Å²) < 4.78 is 27.0. The van der Waals surface area contributed by atoms with Crippen LogP contribution in [0.2, 0.25) is 0 Å². The number of anilines is 2. The van der Waals surface area contributed by atoms with Gasteiger partial charge >= 0.3 is 0 Å². The highest BCUT2D eigenvalue weighted by Gasteiger charge is 2.22. The summed E-state index contributed by atoms with van der Waals surface area (Å²) in [6.45, 7) is 0.773. The van der Waals surface area contributed by atoms with E-state index < -0.39 is 9.84 Å². The highest BCUT2D eigenvalue weighted by atomic mass is 32.2. The molecule has 0 spiro atoms. The predicted molar refractivity (Wildman–Crippen MR) is 73.6 cm³/mol. The second kappa shape index (κ2) is 5.03. The van der Waals surface area contributed by atoms with Crippen molar-refractivity contribution in [2.24, 2.45) is 0 Å². The van der Waals surface area contributed by atoms with E-state index in [1.165, 1.54) is 18.6 Å². The second-order valence-corrected chi connectivity index (χ2v) is 8.15. The van der Waals surface area contributed by atoms with Gasteiger partial charge in [0.15, 0.2) is 15.7 Å². The molecule has 1 saturated heterocycles. The number of nitrogens with two attached hydrogens (primary N) is 1. The van der Waals surface area contributed by atoms with Gasteiger partial charge in [0.25, 0.3) is 0 Å². The molecule has 1 unspecified atom stereocenters. The smallest absolute Gasteiger partial charge is 0.182 e. The van der Waals surface area contributed by atoms with E-state index in [4.69, 9.17) is 5.73 Å². The van der Waals surface area contributed by atoms with Crippen molar-refractivity contribution in [2.45, 2.75) is 23.0 Å². The lowest BCUT2D eigenvalue weighted by Gasteiger charge is -2.10. The maximum Gasteiger partial charge on any atom is 0.182 e. The molecule has 0 aromatic carbocycles. The van der Waals surface area contributed by atoms with Gasteiger partial charge in [-0.3, -0.25) is 0 Å². The highest BCUT2D eigenvalue weighted by molar-refractivity contribution is 8.00. The zero-order valence-corrected chi connectivity index (χ0v) is 11.9. The van der Waals surface area contributed by atoms with Crippen molar-refractivity contribution < 1.29 is 8.42 Å². The van der Waals surface area contributed by atoms with E-state index in [1.807, 2.05) is 11.8 Å². The molecule has 5 nitrogen and oxygen atoms in total. The first-order chi connectivity index (χ1) is 7.98. The molecule has 0 aliphatic carbocycles. The van der Waals surface area contributed by atoms with Crippen molar-refractivity contribution >= 4 is 44.0 Å². The van der Waals surface area contributed by atoms with Gasteiger partial charge in [-0.25, -0.2) is 8.42 Å². The van der Waals surface area contributed by atoms with Gasteiger partial charge in [0.05, 0.1) is 0 Å². The van der Waals surface area contributed by atoms with Crippen LogP contribution < -0.4 is 11.1 Å². The lowest BCUT2D eigenvalue weighted by molar-refractivity contribution is 0.602. The monoisotopic (exact) mass is 293 g/mol. The number of rotatable bonds is 4. The molecule has 3 N–H and O–H groups in total. The number of sulfone groups is 1. The zero-order chi connectivity index (χ0) is 12.5. The van der Waals surface area contributed by atoms with E-state index in [1.54, 1.807) is 0 Å². The summed E-state index contributed by atoms with van der Waals surface area (Å²) in [5.74, 6) is 1.29. The van der Waals surface area contributed by atoms with Crippen LogP contribution in [-0.4, -0.2) is 36.6 Å². The van der Waals surface area contributed by atoms with Crippen molar-refractivity contribution in [3.63, 3.8) is 0 Å². The first-order valence-corrected chi connectivity index (χ1v) is 9.00. The van der Waals surface area contributed by atoms with Crippen LogP contribution in [0.5, 0.6) is 0 Å². The van der Waals surface area contributed by atoms with Crippen LogP contribution in [0.15, 0.2) is 4.90 Å². The summed E-state index contributed by atoms with van der Waals surface area (Å²) in [7, 11) is -3.31. The summed E-state index contributed by atoms with van der Waals surface area (Å²) in [5.41, 5.74) is 5.59. The summed E-state index contributed by atoms with van der Waals surface area (Å²) in [5, 5.41) is 4.29. The van der Waals surface area contributed by atoms with Crippen molar-refractivity contribution in [2.75, 3.05) is 29.6 Å². The lowest BCUT2D eigenvalue weighted by Crippen LogP contribution is -2.14. The third-order valence-corrected chi connectivity index (χ3v) is 6.06. The fraction of sp³-hybridized carbons (Fsp3) is 0.667. The minimum absolute atomic E-state index is 0.0964. The number of nitrogens with zero attached hydrogens (tertiary/aromatic N) is 1. The van der Waals surface area contributed by atoms with Gasteiger partial charge in [-0.2, -0.15) is 16.1 Å². The predicted octanol–water partition coefficient (Wildman–Crippen LogP) is 1.44. The molecule has 1 atom stereocenters. The maximum atomic E-state index is 11.6. The molecule has 1 aliphatic rings. The third kappa shape index (κ3) is 3.05. The molecule has 2 rings (SSSR count). The van der Waals surface area contributed by atoms with E-state index in [0.29, 0.717) is 10.3 Å². The Morgan fingerprint density at radius 3 is 2.94 bits per heavy atom. The minimum Gasteiger partial charge on any atom is -0.382 e. The molecule has 0 amide bonds. The molecular formula is C9H15N3O2S3. The molecule has 1 aliphatic heterocycles. The zero-order valence-electron chi connectivity index (χ0n) is 9.47. The van der Waals surface area contributed by atoms with Crippen LogP contribution in [0.25, 0.3) is 0 Å². The lowest BCUT2D eigenvalue weighted by atomic mass is 10.2. The van der Waals surface area contributed by atoms with Crippen LogP contribution in [0.1, 0.15) is 12.8 Å². The molecule has 1 fully saturated rings. The highest BCUT2D eigenvalue weighted by Crippen LogP contribution is 2.32. The first-order valence-electron chi connectivity index (χ1n) is 5.29. The number of thioether (sulfide) groups is 1. The number of nitrogen functional groups attached to an aromatic ring is 1. The Hall–Kier alpha value is -0.470. The first kappa shape index (κ1) is 13.0. The minimum atomic E-state index is -3.31. The van der Waals surface area contributed by atoms with Crippen LogP contribution in [0.4, 0.5) is 10.8 Å². The third-order valence-electron chi connectivity index (χ3n) is 2.56. The standard InChI is InChI=1S/C9H15N3O2S3/c1-17(13,14)7-8(10)12-16-9(7)11-5-6-3-2-4-15-6/h6,11H,2-5H2,1H3,(H2,10,12). The average molecular weight is 293 g/mol. The second-order valence-electron chi connectivity index (χ2n) is 4.01. The van der Waals surface area contributed by atoms with Gasteiger partial charge in [-0.15, -0.1) is 0 Å². The Bertz CT molecular complexity index is 492. The fourth-order valence-electron chi connectivity index (χ4n) is 1.78. The van der Waals surface area contributed by atoms with Gasteiger partial charge in [0.1, 0.15) is 9.90 Å². The molecule has 96 valence electrons. The maximum absolute atomic E-state index is 11.6. The van der Waals surface area contributed by atoms with Gasteiger partial charge < -0.3 is 11.1 Å². The van der Waals surface area contributed by atoms with Crippen molar-refractivity contribution in [1.82, 2.24) is 4.37 Å². The summed E-state index contributed by atoms with van der Waals surface area (Å²) in [6.07, 6.45) is 3.57. The van der Waals surface area contributed by atoms with E-state index >= 15 is 0 Å². The molecule has 17 heavy (non-hydrogen) atoms. The normalized spacial score (nSPS) is 20.6. The van der Waals surface area contributed by atoms with Gasteiger partial charge in [-0.05, 0) is 30.1 Å². The summed E-state index contributed by atoms with van der Waals surface area (Å²) >= 11 is 3.03. The number of hydrogen-bond acceptors (Lipinski definition) is 7. The Morgan fingerprint density at radius 2 is 2.35 bits per heavy atom. The number of nitrogens with one attached hydrogen (secondary N) is 1. The molecule has 2 heterocycles. The Kier molecular flexibility index (Phi) is 3.84. The average Bonchev–Trinajstić information content (AvgIpc) is 2.82. The molecule has 0 radical (unpaired) electrons. The SMILES string of the molecule is CS(=O)(=O)c1c(N)nsc1NCC1CCCS1. The molecule has 1 aromatic rings. The fourth-order valence-corrected chi connectivity index (χ4v) is 5.05. The van der Waals surface area contributed by atoms with Crippen molar-refractivity contribution in [3.05, 3.63) is 0 Å². The van der Waals surface area contributed by atoms with Crippen LogP contribution in [0, 0.1) is 0 Å². The van der Waals surface area contributed by atoms with Crippen LogP contribution in [0.3, 0.4) is 0 Å². The number of aromatic nitrogens is 1. The Morgan fingerprint density at radius 1 is 1.59 bits per heavy atom. The van der Waals surface area contributed by atoms with Crippen molar-refractivity contribution in [1.29, 1.82) is 0 Å². The van der Waals surface area contributed by atoms with Crippen molar-refractivity contribution in [3.8, 4) is 0 Å². The number of hydrogen-bond donors (Lipinski definition) is 2. The van der Waals surface area contributed by atoms with E-state index in [-0.39, 0.29) is 10.7 Å². The Labute approximate surface area is 109 Å². The van der Waals surface area contributed by atoms with Gasteiger partial charge in [0.2, 0.25) is 0 Å². The van der Waals surface area contributed by atoms with Crippen LogP contribution >= 0.6 is 23.3 Å². The molecular weight excluding hydrogens is 278 g/mol. The molecule has 8 heteroatoms. The van der Waals surface area contributed by atoms with E-state index in [0.717, 1.165) is 24.3 Å². The van der Waals surface area contributed by atoms with E-state index in [2.05, 4.69) is 9.69 Å². The largest absolute Gasteiger partial charge is 0.382 e. The summed E-state index contributed by atoms with van der Waals surface area (Å²) in [4.78, 5) is 0.144. The van der Waals surface area contributed by atoms with Crippen LogP contribution in [-0.2, 0) is 9.84 Å². The molecule has 0 saturated carbocycles. The molecule has 1 aromatic heterocycles. The topological polar surface area (TPSA) is 85.1 Å².